The van der Waals surface area contributed by atoms with Gasteiger partial charge in [-0.2, -0.15) is 0 Å². The van der Waals surface area contributed by atoms with Crippen LogP contribution in [-0.4, -0.2) is 36.3 Å². The first-order valence-corrected chi connectivity index (χ1v) is 9.47. The SMILES string of the molecule is Cl.NCCCN(Cc1ccccc1)C(=O)CNC(=O)CCC1CCCC1. The Morgan fingerprint density at radius 3 is 2.50 bits per heavy atom. The second kappa shape index (κ2) is 12.7. The third-order valence-corrected chi connectivity index (χ3v) is 4.89. The Labute approximate surface area is 163 Å². The molecule has 1 saturated carbocycles. The summed E-state index contributed by atoms with van der Waals surface area (Å²) >= 11 is 0. The number of carbonyl (C=O) groups is 2. The molecular weight excluding hydrogens is 350 g/mol. The largest absolute Gasteiger partial charge is 0.347 e. The van der Waals surface area contributed by atoms with Crippen molar-refractivity contribution in [3.8, 4) is 0 Å². The Balaban J connectivity index is 0.00000338. The molecule has 1 aromatic carbocycles. The van der Waals surface area contributed by atoms with Crippen LogP contribution in [0.25, 0.3) is 0 Å². The van der Waals surface area contributed by atoms with Gasteiger partial charge in [0.05, 0.1) is 6.54 Å². The highest BCUT2D eigenvalue weighted by molar-refractivity contribution is 5.85. The van der Waals surface area contributed by atoms with Crippen molar-refractivity contribution in [1.82, 2.24) is 10.2 Å². The van der Waals surface area contributed by atoms with Crippen LogP contribution >= 0.6 is 12.4 Å². The molecule has 0 bridgehead atoms. The maximum absolute atomic E-state index is 12.5. The van der Waals surface area contributed by atoms with Crippen LogP contribution in [0.15, 0.2) is 30.3 Å². The Morgan fingerprint density at radius 2 is 1.85 bits per heavy atom. The molecule has 0 atom stereocenters. The molecule has 0 unspecified atom stereocenters. The van der Waals surface area contributed by atoms with Crippen LogP contribution in [0.5, 0.6) is 0 Å². The van der Waals surface area contributed by atoms with E-state index in [-0.39, 0.29) is 30.8 Å². The van der Waals surface area contributed by atoms with Gasteiger partial charge in [0.1, 0.15) is 0 Å². The molecule has 26 heavy (non-hydrogen) atoms. The lowest BCUT2D eigenvalue weighted by Crippen LogP contribution is -2.40. The van der Waals surface area contributed by atoms with Gasteiger partial charge in [-0.05, 0) is 30.9 Å². The fourth-order valence-electron chi connectivity index (χ4n) is 3.39. The van der Waals surface area contributed by atoms with Gasteiger partial charge in [-0.3, -0.25) is 9.59 Å². The molecule has 0 saturated heterocycles. The van der Waals surface area contributed by atoms with Crippen molar-refractivity contribution in [2.75, 3.05) is 19.6 Å². The molecular formula is C20H32ClN3O2. The number of rotatable bonds is 10. The third kappa shape index (κ3) is 8.19. The number of hydrogen-bond acceptors (Lipinski definition) is 3. The smallest absolute Gasteiger partial charge is 0.242 e. The van der Waals surface area contributed by atoms with E-state index in [1.54, 1.807) is 4.90 Å². The highest BCUT2D eigenvalue weighted by Gasteiger charge is 2.18. The van der Waals surface area contributed by atoms with E-state index < -0.39 is 0 Å². The Kier molecular flexibility index (Phi) is 11.0. The molecule has 0 aliphatic heterocycles. The number of amides is 2. The second-order valence-electron chi connectivity index (χ2n) is 6.91. The number of nitrogens with one attached hydrogen (secondary N) is 1. The molecule has 0 spiro atoms. The Bertz CT molecular complexity index is 533. The Hall–Kier alpha value is -1.59. The monoisotopic (exact) mass is 381 g/mol. The quantitative estimate of drug-likeness (QED) is 0.654. The summed E-state index contributed by atoms with van der Waals surface area (Å²) in [6.45, 7) is 1.78. The minimum atomic E-state index is -0.0495. The molecule has 5 nitrogen and oxygen atoms in total. The molecule has 1 aliphatic rings. The number of halogens is 1. The lowest BCUT2D eigenvalue weighted by molar-refractivity contribution is -0.133. The average Bonchev–Trinajstić information content (AvgIpc) is 3.16. The molecule has 1 fully saturated rings. The van der Waals surface area contributed by atoms with E-state index in [0.29, 0.717) is 32.0 Å². The van der Waals surface area contributed by atoms with Crippen LogP contribution in [0.4, 0.5) is 0 Å². The average molecular weight is 382 g/mol. The van der Waals surface area contributed by atoms with Gasteiger partial charge in [0, 0.05) is 19.5 Å². The third-order valence-electron chi connectivity index (χ3n) is 4.89. The van der Waals surface area contributed by atoms with E-state index in [2.05, 4.69) is 5.32 Å². The first-order chi connectivity index (χ1) is 12.2. The molecule has 0 heterocycles. The van der Waals surface area contributed by atoms with Crippen molar-refractivity contribution in [3.63, 3.8) is 0 Å². The van der Waals surface area contributed by atoms with Crippen molar-refractivity contribution < 1.29 is 9.59 Å². The minimum Gasteiger partial charge on any atom is -0.347 e. The topological polar surface area (TPSA) is 75.4 Å². The maximum atomic E-state index is 12.5. The first kappa shape index (κ1) is 22.5. The van der Waals surface area contributed by atoms with E-state index in [9.17, 15) is 9.59 Å². The van der Waals surface area contributed by atoms with Gasteiger partial charge >= 0.3 is 0 Å². The summed E-state index contributed by atoms with van der Waals surface area (Å²) in [6.07, 6.45) is 7.31. The minimum absolute atomic E-state index is 0. The van der Waals surface area contributed by atoms with Gasteiger partial charge in [-0.1, -0.05) is 56.0 Å². The number of nitrogens with two attached hydrogens (primary N) is 1. The summed E-state index contributed by atoms with van der Waals surface area (Å²) in [5, 5.41) is 2.79. The van der Waals surface area contributed by atoms with Crippen LogP contribution in [0.3, 0.4) is 0 Å². The molecule has 146 valence electrons. The van der Waals surface area contributed by atoms with Crippen LogP contribution in [0.1, 0.15) is 50.5 Å². The summed E-state index contributed by atoms with van der Waals surface area (Å²) in [7, 11) is 0. The van der Waals surface area contributed by atoms with Crippen LogP contribution in [0.2, 0.25) is 0 Å². The molecule has 1 aliphatic carbocycles. The number of nitrogens with zero attached hydrogens (tertiary/aromatic N) is 1. The van der Waals surface area contributed by atoms with E-state index in [0.717, 1.165) is 18.4 Å². The zero-order chi connectivity index (χ0) is 17.9. The van der Waals surface area contributed by atoms with E-state index in [4.69, 9.17) is 5.73 Å². The normalized spacial score (nSPS) is 13.9. The summed E-state index contributed by atoms with van der Waals surface area (Å²) in [4.78, 5) is 26.3. The lowest BCUT2D eigenvalue weighted by Gasteiger charge is -2.23. The van der Waals surface area contributed by atoms with Crippen LogP contribution < -0.4 is 11.1 Å². The number of carbonyl (C=O) groups excluding carboxylic acids is 2. The molecule has 3 N–H and O–H groups in total. The number of hydrogen-bond donors (Lipinski definition) is 2. The summed E-state index contributed by atoms with van der Waals surface area (Å²) in [6, 6.07) is 9.89. The standard InChI is InChI=1S/C20H31N3O2.ClH/c21-13-6-14-23(16-18-9-2-1-3-10-18)20(25)15-22-19(24)12-11-17-7-4-5-8-17;/h1-3,9-10,17H,4-8,11-16,21H2,(H,22,24);1H. The molecule has 6 heteroatoms. The van der Waals surface area contributed by atoms with E-state index in [1.165, 1.54) is 25.7 Å². The summed E-state index contributed by atoms with van der Waals surface area (Å²) in [5.74, 6) is 0.630. The lowest BCUT2D eigenvalue weighted by atomic mass is 10.0. The maximum Gasteiger partial charge on any atom is 0.242 e. The summed E-state index contributed by atoms with van der Waals surface area (Å²) < 4.78 is 0. The van der Waals surface area contributed by atoms with Gasteiger partial charge in [0.25, 0.3) is 0 Å². The zero-order valence-electron chi connectivity index (χ0n) is 15.5. The Morgan fingerprint density at radius 1 is 1.15 bits per heavy atom. The zero-order valence-corrected chi connectivity index (χ0v) is 16.3. The van der Waals surface area contributed by atoms with Gasteiger partial charge in [-0.25, -0.2) is 0 Å². The van der Waals surface area contributed by atoms with E-state index >= 15 is 0 Å². The van der Waals surface area contributed by atoms with Crippen molar-refractivity contribution >= 4 is 24.2 Å². The van der Waals surface area contributed by atoms with E-state index in [1.807, 2.05) is 30.3 Å². The van der Waals surface area contributed by atoms with Crippen LogP contribution in [-0.2, 0) is 16.1 Å². The number of benzene rings is 1. The predicted octanol–water partition coefficient (Wildman–Crippen LogP) is 2.87. The van der Waals surface area contributed by atoms with Gasteiger partial charge in [-0.15, -0.1) is 12.4 Å². The fourth-order valence-corrected chi connectivity index (χ4v) is 3.39. The highest BCUT2D eigenvalue weighted by atomic mass is 35.5. The van der Waals surface area contributed by atoms with Gasteiger partial charge < -0.3 is 16.0 Å². The molecule has 2 amide bonds. The van der Waals surface area contributed by atoms with Crippen molar-refractivity contribution in [2.45, 2.75) is 51.5 Å². The second-order valence-corrected chi connectivity index (χ2v) is 6.91. The van der Waals surface area contributed by atoms with Crippen molar-refractivity contribution in [2.24, 2.45) is 11.7 Å². The van der Waals surface area contributed by atoms with Crippen LogP contribution in [0, 0.1) is 5.92 Å². The molecule has 1 aromatic rings. The highest BCUT2D eigenvalue weighted by Crippen LogP contribution is 2.28. The molecule has 0 aromatic heterocycles. The van der Waals surface area contributed by atoms with Crippen molar-refractivity contribution in [1.29, 1.82) is 0 Å². The summed E-state index contributed by atoms with van der Waals surface area (Å²) in [5.41, 5.74) is 6.67. The first-order valence-electron chi connectivity index (χ1n) is 9.47. The molecule has 2 rings (SSSR count). The van der Waals surface area contributed by atoms with Gasteiger partial charge in [0.2, 0.25) is 11.8 Å². The molecule has 0 radical (unpaired) electrons. The predicted molar refractivity (Wildman–Crippen MR) is 107 cm³/mol. The fraction of sp³-hybridized carbons (Fsp3) is 0.600. The van der Waals surface area contributed by atoms with Crippen molar-refractivity contribution in [3.05, 3.63) is 35.9 Å². The van der Waals surface area contributed by atoms with Gasteiger partial charge in [0.15, 0.2) is 0 Å².